The molecular weight excluding hydrogens is 535 g/mol. The maximum atomic E-state index is 12.8. The molecule has 1 aliphatic rings. The third kappa shape index (κ3) is 5.40. The van der Waals surface area contributed by atoms with E-state index < -0.39 is 5.97 Å². The molecule has 186 valence electrons. The van der Waals surface area contributed by atoms with Crippen molar-refractivity contribution in [1.82, 2.24) is 25.3 Å². The van der Waals surface area contributed by atoms with Gasteiger partial charge < -0.3 is 19.9 Å². The van der Waals surface area contributed by atoms with E-state index in [4.69, 9.17) is 44.5 Å². The van der Waals surface area contributed by atoms with Gasteiger partial charge in [-0.1, -0.05) is 53.1 Å². The van der Waals surface area contributed by atoms with Gasteiger partial charge in [0.2, 0.25) is 0 Å². The van der Waals surface area contributed by atoms with E-state index in [0.29, 0.717) is 51.6 Å². The molecule has 13 heteroatoms. The molecule has 4 heterocycles. The van der Waals surface area contributed by atoms with E-state index in [2.05, 4.69) is 32.1 Å². The Bertz CT molecular complexity index is 1250. The topological polar surface area (TPSA) is 113 Å². The number of thiazole rings is 1. The van der Waals surface area contributed by atoms with E-state index in [1.54, 1.807) is 13.8 Å². The van der Waals surface area contributed by atoms with Crippen molar-refractivity contribution < 1.29 is 14.3 Å². The van der Waals surface area contributed by atoms with Crippen LogP contribution < -0.4 is 10.2 Å². The second-order valence-corrected chi connectivity index (χ2v) is 10.3. The van der Waals surface area contributed by atoms with Crippen LogP contribution in [-0.2, 0) is 4.74 Å². The normalized spacial score (nSPS) is 17.9. The van der Waals surface area contributed by atoms with Crippen molar-refractivity contribution >= 4 is 63.1 Å². The Morgan fingerprint density at radius 1 is 1.26 bits per heavy atom. The molecule has 1 fully saturated rings. The third-order valence-corrected chi connectivity index (χ3v) is 7.95. The van der Waals surface area contributed by atoms with Gasteiger partial charge in [0.1, 0.15) is 27.1 Å². The van der Waals surface area contributed by atoms with Crippen molar-refractivity contribution in [3.8, 4) is 11.4 Å². The van der Waals surface area contributed by atoms with Gasteiger partial charge in [-0.25, -0.2) is 19.7 Å². The number of nitrogens with zero attached hydrogens (tertiary/aromatic N) is 4. The molecule has 1 amide bonds. The molecule has 0 saturated carbocycles. The van der Waals surface area contributed by atoms with Crippen molar-refractivity contribution in [3.05, 3.63) is 43.9 Å². The Morgan fingerprint density at radius 3 is 2.63 bits per heavy atom. The minimum absolute atomic E-state index is 0.0664. The molecule has 2 atom stereocenters. The minimum atomic E-state index is -0.463. The summed E-state index contributed by atoms with van der Waals surface area (Å²) in [4.78, 5) is 43.8. The molecule has 0 aliphatic carbocycles. The highest BCUT2D eigenvalue weighted by Crippen LogP contribution is 2.35. The number of anilines is 1. The Balaban J connectivity index is 1.51. The number of rotatable bonds is 6. The zero-order chi connectivity index (χ0) is 25.3. The number of amides is 1. The monoisotopic (exact) mass is 556 g/mol. The first kappa shape index (κ1) is 25.7. The van der Waals surface area contributed by atoms with Crippen LogP contribution in [0.2, 0.25) is 15.2 Å². The summed E-state index contributed by atoms with van der Waals surface area (Å²) in [6.45, 7) is 7.07. The number of ether oxygens (including phenoxy) is 1. The number of nitrogens with one attached hydrogen (secondary N) is 2. The predicted octanol–water partition coefficient (Wildman–Crippen LogP) is 5.02. The predicted molar refractivity (Wildman–Crippen MR) is 137 cm³/mol. The Hall–Kier alpha value is -2.40. The van der Waals surface area contributed by atoms with Gasteiger partial charge in [0.15, 0.2) is 5.13 Å². The first-order valence-corrected chi connectivity index (χ1v) is 12.9. The van der Waals surface area contributed by atoms with Crippen LogP contribution in [-0.4, -0.2) is 57.6 Å². The average Bonchev–Trinajstić information content (AvgIpc) is 3.39. The fourth-order valence-electron chi connectivity index (χ4n) is 3.89. The first-order chi connectivity index (χ1) is 16.7. The number of aromatic amines is 1. The van der Waals surface area contributed by atoms with Crippen LogP contribution in [0.15, 0.2) is 12.4 Å². The molecule has 3 aromatic heterocycles. The minimum Gasteiger partial charge on any atom is -0.462 e. The smallest absolute Gasteiger partial charge is 0.350 e. The van der Waals surface area contributed by atoms with Crippen molar-refractivity contribution in [2.24, 2.45) is 5.92 Å². The van der Waals surface area contributed by atoms with Gasteiger partial charge in [-0.2, -0.15) is 0 Å². The van der Waals surface area contributed by atoms with E-state index in [1.807, 2.05) is 0 Å². The molecule has 4 rings (SSSR count). The SMILES string of the molecule is CCOC(=O)c1sc(N2CC[C@@H](NC(=O)c3[nH]c(C)c(Cl)c3Cl)C(C)C2)nc1-c1cnc(Cl)cn1. The zero-order valence-corrected chi connectivity index (χ0v) is 22.3. The van der Waals surface area contributed by atoms with Gasteiger partial charge in [-0.15, -0.1) is 0 Å². The standard InChI is InChI=1S/C22H23Cl3N6O3S/c1-4-34-21(33)19-17(13-7-27-14(23)8-26-13)30-22(35-19)31-6-5-12(10(2)9-31)29-20(32)18-16(25)15(24)11(3)28-18/h7-8,10,12,28H,4-6,9H2,1-3H3,(H,29,32)/t10?,12-/m1/s1. The fourth-order valence-corrected chi connectivity index (χ4v) is 5.41. The molecule has 0 radical (unpaired) electrons. The number of aromatic nitrogens is 4. The van der Waals surface area contributed by atoms with E-state index >= 15 is 0 Å². The van der Waals surface area contributed by atoms with Gasteiger partial charge in [-0.05, 0) is 26.2 Å². The average molecular weight is 558 g/mol. The van der Waals surface area contributed by atoms with Gasteiger partial charge in [0, 0.05) is 24.8 Å². The molecule has 1 aliphatic heterocycles. The summed E-state index contributed by atoms with van der Waals surface area (Å²) in [7, 11) is 0. The maximum absolute atomic E-state index is 12.8. The summed E-state index contributed by atoms with van der Waals surface area (Å²) in [5.74, 6) is -0.653. The van der Waals surface area contributed by atoms with Crippen LogP contribution in [0.5, 0.6) is 0 Å². The number of piperidine rings is 1. The molecule has 0 aromatic carbocycles. The number of hydrogen-bond donors (Lipinski definition) is 2. The second-order valence-electron chi connectivity index (χ2n) is 8.16. The molecule has 0 bridgehead atoms. The summed E-state index contributed by atoms with van der Waals surface area (Å²) in [5, 5.41) is 4.55. The number of aryl methyl sites for hydroxylation is 1. The Kier molecular flexibility index (Phi) is 7.85. The molecule has 1 saturated heterocycles. The van der Waals surface area contributed by atoms with Crippen LogP contribution in [0.25, 0.3) is 11.4 Å². The summed E-state index contributed by atoms with van der Waals surface area (Å²) in [6.07, 6.45) is 3.57. The van der Waals surface area contributed by atoms with E-state index in [9.17, 15) is 9.59 Å². The molecular formula is C22H23Cl3N6O3S. The number of carbonyl (C=O) groups is 2. The quantitative estimate of drug-likeness (QED) is 0.409. The highest BCUT2D eigenvalue weighted by atomic mass is 35.5. The first-order valence-electron chi connectivity index (χ1n) is 10.9. The highest BCUT2D eigenvalue weighted by molar-refractivity contribution is 7.17. The fraction of sp³-hybridized carbons (Fsp3) is 0.409. The summed E-state index contributed by atoms with van der Waals surface area (Å²) >= 11 is 19.4. The molecule has 3 aromatic rings. The largest absolute Gasteiger partial charge is 0.462 e. The lowest BCUT2D eigenvalue weighted by molar-refractivity contribution is 0.0532. The van der Waals surface area contributed by atoms with Gasteiger partial charge in [-0.3, -0.25) is 4.79 Å². The van der Waals surface area contributed by atoms with E-state index in [1.165, 1.54) is 23.7 Å². The Labute approximate surface area is 221 Å². The van der Waals surface area contributed by atoms with Crippen molar-refractivity contribution in [1.29, 1.82) is 0 Å². The lowest BCUT2D eigenvalue weighted by Gasteiger charge is -2.37. The van der Waals surface area contributed by atoms with Crippen LogP contribution in [0.3, 0.4) is 0 Å². The molecule has 35 heavy (non-hydrogen) atoms. The number of halogens is 3. The zero-order valence-electron chi connectivity index (χ0n) is 19.2. The van der Waals surface area contributed by atoms with Crippen LogP contribution in [0.4, 0.5) is 5.13 Å². The van der Waals surface area contributed by atoms with Crippen molar-refractivity contribution in [2.45, 2.75) is 33.2 Å². The van der Waals surface area contributed by atoms with Gasteiger partial charge >= 0.3 is 5.97 Å². The highest BCUT2D eigenvalue weighted by Gasteiger charge is 2.32. The van der Waals surface area contributed by atoms with E-state index in [-0.39, 0.29) is 40.3 Å². The second kappa shape index (κ2) is 10.7. The van der Waals surface area contributed by atoms with Gasteiger partial charge in [0.05, 0.1) is 29.0 Å². The number of esters is 1. The van der Waals surface area contributed by atoms with Crippen molar-refractivity contribution in [2.75, 3.05) is 24.6 Å². The van der Waals surface area contributed by atoms with Crippen molar-refractivity contribution in [3.63, 3.8) is 0 Å². The molecule has 9 nitrogen and oxygen atoms in total. The summed E-state index contributed by atoms with van der Waals surface area (Å²) < 4.78 is 5.23. The molecule has 0 spiro atoms. The number of H-pyrrole nitrogens is 1. The van der Waals surface area contributed by atoms with Crippen LogP contribution in [0.1, 0.15) is 46.1 Å². The van der Waals surface area contributed by atoms with Gasteiger partial charge in [0.25, 0.3) is 5.91 Å². The maximum Gasteiger partial charge on any atom is 0.350 e. The number of hydrogen-bond acceptors (Lipinski definition) is 8. The van der Waals surface area contributed by atoms with E-state index in [0.717, 1.165) is 0 Å². The lowest BCUT2D eigenvalue weighted by Crippen LogP contribution is -2.50. The summed E-state index contributed by atoms with van der Waals surface area (Å²) in [6, 6.07) is -0.0664. The van der Waals surface area contributed by atoms with Crippen LogP contribution >= 0.6 is 46.1 Å². The Morgan fingerprint density at radius 2 is 2.03 bits per heavy atom. The number of carbonyl (C=O) groups excluding carboxylic acids is 2. The summed E-state index contributed by atoms with van der Waals surface area (Å²) in [5.41, 5.74) is 1.75. The third-order valence-electron chi connectivity index (χ3n) is 5.71. The molecule has 2 N–H and O–H groups in total. The lowest BCUT2D eigenvalue weighted by atomic mass is 9.94. The molecule has 1 unspecified atom stereocenters. The van der Waals surface area contributed by atoms with Crippen LogP contribution in [0, 0.1) is 12.8 Å².